The Labute approximate surface area is 174 Å². The molecule has 0 atom stereocenters. The molecule has 26 heavy (non-hydrogen) atoms. The topological polar surface area (TPSA) is 45.2 Å². The van der Waals surface area contributed by atoms with E-state index in [1.807, 2.05) is 20.0 Å². The van der Waals surface area contributed by atoms with Gasteiger partial charge in [-0.25, -0.2) is 0 Å². The molecule has 0 bridgehead atoms. The molecule has 1 N–H and O–H groups in total. The Hall–Kier alpha value is -1.04. The van der Waals surface area contributed by atoms with Crippen LogP contribution in [0.4, 0.5) is 0 Å². The summed E-state index contributed by atoms with van der Waals surface area (Å²) in [7, 11) is 1.86. The Morgan fingerprint density at radius 3 is 2.62 bits per heavy atom. The van der Waals surface area contributed by atoms with Crippen molar-refractivity contribution in [1.29, 1.82) is 0 Å². The van der Waals surface area contributed by atoms with Crippen LogP contribution >= 0.6 is 47.2 Å². The zero-order chi connectivity index (χ0) is 18.1. The van der Waals surface area contributed by atoms with Gasteiger partial charge in [0.05, 0.1) is 17.8 Å². The molecule has 1 amide bonds. The average Bonchev–Trinajstić information content (AvgIpc) is 2.87. The molecule has 2 heterocycles. The number of fused-ring (bicyclic) bond motifs is 1. The molecule has 3 rings (SSSR count). The van der Waals surface area contributed by atoms with Crippen molar-refractivity contribution in [3.05, 3.63) is 50.8 Å². The number of benzene rings is 1. The smallest absolute Gasteiger partial charge is 0.256 e. The molecule has 0 unspecified atom stereocenters. The van der Waals surface area contributed by atoms with Gasteiger partial charge in [-0.05, 0) is 31.7 Å². The summed E-state index contributed by atoms with van der Waals surface area (Å²) in [6.07, 6.45) is 0. The van der Waals surface area contributed by atoms with Crippen LogP contribution in [0.5, 0.6) is 0 Å². The van der Waals surface area contributed by atoms with Gasteiger partial charge in [0.1, 0.15) is 0 Å². The molecule has 1 aliphatic rings. The van der Waals surface area contributed by atoms with E-state index in [1.54, 1.807) is 17.0 Å². The van der Waals surface area contributed by atoms with Crippen LogP contribution in [0, 0.1) is 6.92 Å². The van der Waals surface area contributed by atoms with Gasteiger partial charge in [-0.15, -0.1) is 24.0 Å². The van der Waals surface area contributed by atoms with E-state index in [9.17, 15) is 4.79 Å². The molecular formula is C18H19Cl4N3O. The second-order valence-electron chi connectivity index (χ2n) is 5.96. The first-order valence-electron chi connectivity index (χ1n) is 7.95. The molecule has 0 saturated carbocycles. The van der Waals surface area contributed by atoms with Gasteiger partial charge in [-0.2, -0.15) is 0 Å². The number of halogens is 4. The minimum absolute atomic E-state index is 0. The van der Waals surface area contributed by atoms with Crippen LogP contribution in [-0.2, 0) is 12.4 Å². The Bertz CT molecular complexity index is 842. The number of nitrogens with one attached hydrogen (secondary N) is 1. The van der Waals surface area contributed by atoms with Crippen molar-refractivity contribution in [2.75, 3.05) is 20.1 Å². The zero-order valence-electron chi connectivity index (χ0n) is 14.4. The lowest BCUT2D eigenvalue weighted by Crippen LogP contribution is -2.31. The molecular weight excluding hydrogens is 416 g/mol. The van der Waals surface area contributed by atoms with Crippen LogP contribution < -0.4 is 5.32 Å². The third kappa shape index (κ3) is 3.80. The Morgan fingerprint density at radius 1 is 1.27 bits per heavy atom. The largest absolute Gasteiger partial charge is 0.331 e. The van der Waals surface area contributed by atoms with E-state index in [-0.39, 0.29) is 24.2 Å². The van der Waals surface area contributed by atoms with Crippen molar-refractivity contribution in [3.63, 3.8) is 0 Å². The molecule has 1 aromatic heterocycles. The van der Waals surface area contributed by atoms with Gasteiger partial charge in [0, 0.05) is 45.8 Å². The standard InChI is InChI=1S/C18H18Cl3N3O.ClH/c1-10-13(8-19)16(12-4-3-11(20)7-14(12)21)17-15(23-10)9-24(18(17)25)6-5-22-2;/h3-4,7,22H,5-6,8-9H2,1-2H3;1H. The summed E-state index contributed by atoms with van der Waals surface area (Å²) < 4.78 is 0. The van der Waals surface area contributed by atoms with E-state index in [0.717, 1.165) is 34.6 Å². The predicted molar refractivity (Wildman–Crippen MR) is 110 cm³/mol. The van der Waals surface area contributed by atoms with Crippen molar-refractivity contribution in [2.45, 2.75) is 19.3 Å². The molecule has 0 fully saturated rings. The van der Waals surface area contributed by atoms with Crippen molar-refractivity contribution in [2.24, 2.45) is 0 Å². The number of nitrogens with zero attached hydrogens (tertiary/aromatic N) is 2. The first-order chi connectivity index (χ1) is 12.0. The molecule has 1 aliphatic heterocycles. The number of aryl methyl sites for hydroxylation is 1. The summed E-state index contributed by atoms with van der Waals surface area (Å²) in [5, 5.41) is 4.11. The van der Waals surface area contributed by atoms with Crippen LogP contribution in [0.15, 0.2) is 18.2 Å². The monoisotopic (exact) mass is 433 g/mol. The molecule has 0 spiro atoms. The molecule has 0 aliphatic carbocycles. The minimum Gasteiger partial charge on any atom is -0.331 e. The number of pyridine rings is 1. The fourth-order valence-electron chi connectivity index (χ4n) is 3.14. The van der Waals surface area contributed by atoms with Crippen LogP contribution in [0.1, 0.15) is 27.3 Å². The van der Waals surface area contributed by atoms with E-state index in [0.29, 0.717) is 28.7 Å². The Morgan fingerprint density at radius 2 is 2.00 bits per heavy atom. The maximum atomic E-state index is 13.0. The highest BCUT2D eigenvalue weighted by atomic mass is 35.5. The Balaban J connectivity index is 0.00000243. The Kier molecular flexibility index (Phi) is 7.17. The lowest BCUT2D eigenvalue weighted by molar-refractivity contribution is 0.0780. The van der Waals surface area contributed by atoms with E-state index in [4.69, 9.17) is 34.8 Å². The second-order valence-corrected chi connectivity index (χ2v) is 7.07. The van der Waals surface area contributed by atoms with Crippen LogP contribution in [0.25, 0.3) is 11.1 Å². The number of hydrogen-bond donors (Lipinski definition) is 1. The number of rotatable bonds is 5. The van der Waals surface area contributed by atoms with Crippen molar-refractivity contribution in [1.82, 2.24) is 15.2 Å². The highest BCUT2D eigenvalue weighted by molar-refractivity contribution is 6.36. The molecule has 0 saturated heterocycles. The van der Waals surface area contributed by atoms with E-state index in [2.05, 4.69) is 10.3 Å². The number of carbonyl (C=O) groups is 1. The van der Waals surface area contributed by atoms with Gasteiger partial charge in [0.15, 0.2) is 0 Å². The zero-order valence-corrected chi connectivity index (χ0v) is 17.5. The number of carbonyl (C=O) groups excluding carboxylic acids is 1. The predicted octanol–water partition coefficient (Wildman–Crippen LogP) is 4.70. The maximum Gasteiger partial charge on any atom is 0.256 e. The summed E-state index contributed by atoms with van der Waals surface area (Å²) >= 11 is 18.7. The molecule has 140 valence electrons. The third-order valence-electron chi connectivity index (χ3n) is 4.39. The fraction of sp³-hybridized carbons (Fsp3) is 0.333. The molecule has 0 radical (unpaired) electrons. The quantitative estimate of drug-likeness (QED) is 0.693. The molecule has 2 aromatic rings. The summed E-state index contributed by atoms with van der Waals surface area (Å²) in [6.45, 7) is 3.75. The lowest BCUT2D eigenvalue weighted by atomic mass is 9.93. The highest BCUT2D eigenvalue weighted by Crippen LogP contribution is 2.40. The van der Waals surface area contributed by atoms with Crippen LogP contribution in [0.3, 0.4) is 0 Å². The van der Waals surface area contributed by atoms with Crippen molar-refractivity contribution < 1.29 is 4.79 Å². The van der Waals surface area contributed by atoms with Gasteiger partial charge in [0.25, 0.3) is 5.91 Å². The lowest BCUT2D eigenvalue weighted by Gasteiger charge is -2.16. The second kappa shape index (κ2) is 8.77. The summed E-state index contributed by atoms with van der Waals surface area (Å²) in [6, 6.07) is 5.28. The van der Waals surface area contributed by atoms with E-state index >= 15 is 0 Å². The number of amides is 1. The van der Waals surface area contributed by atoms with Crippen LogP contribution in [0.2, 0.25) is 10.0 Å². The molecule has 4 nitrogen and oxygen atoms in total. The van der Waals surface area contributed by atoms with E-state index in [1.165, 1.54) is 0 Å². The van der Waals surface area contributed by atoms with Gasteiger partial charge < -0.3 is 10.2 Å². The van der Waals surface area contributed by atoms with Gasteiger partial charge in [-0.3, -0.25) is 9.78 Å². The number of hydrogen-bond acceptors (Lipinski definition) is 3. The van der Waals surface area contributed by atoms with E-state index < -0.39 is 0 Å². The van der Waals surface area contributed by atoms with Gasteiger partial charge >= 0.3 is 0 Å². The van der Waals surface area contributed by atoms with Crippen molar-refractivity contribution in [3.8, 4) is 11.1 Å². The van der Waals surface area contributed by atoms with Crippen LogP contribution in [-0.4, -0.2) is 35.9 Å². The minimum atomic E-state index is -0.0369. The SMILES string of the molecule is CNCCN1Cc2nc(C)c(CCl)c(-c3ccc(Cl)cc3Cl)c2C1=O.Cl. The first-order valence-corrected chi connectivity index (χ1v) is 9.24. The molecule has 8 heteroatoms. The molecule has 1 aromatic carbocycles. The normalized spacial score (nSPS) is 13.0. The number of likely N-dealkylation sites (N-methyl/N-ethyl adjacent to an activating group) is 1. The average molecular weight is 435 g/mol. The van der Waals surface area contributed by atoms with Gasteiger partial charge in [0.2, 0.25) is 0 Å². The van der Waals surface area contributed by atoms with Gasteiger partial charge in [-0.1, -0.05) is 29.3 Å². The van der Waals surface area contributed by atoms with Crippen molar-refractivity contribution >= 4 is 53.1 Å². The highest BCUT2D eigenvalue weighted by Gasteiger charge is 2.34. The summed E-state index contributed by atoms with van der Waals surface area (Å²) in [5.74, 6) is 0.217. The number of alkyl halides is 1. The fourth-order valence-corrected chi connectivity index (χ4v) is 3.97. The summed E-state index contributed by atoms with van der Waals surface area (Å²) in [4.78, 5) is 19.4. The number of aromatic nitrogens is 1. The maximum absolute atomic E-state index is 13.0. The summed E-state index contributed by atoms with van der Waals surface area (Å²) in [5.41, 5.74) is 4.55. The third-order valence-corrected chi connectivity index (χ3v) is 5.20. The first kappa shape index (κ1) is 21.3.